The molecule has 1 aromatic rings. The fourth-order valence-electron chi connectivity index (χ4n) is 1.84. The first kappa shape index (κ1) is 16.2. The summed E-state index contributed by atoms with van der Waals surface area (Å²) in [6.45, 7) is -0.167. The SMILES string of the molecule is CS(=O)(=O)OCC1NC(=O)C1NC(=O)OCc1ccccc1. The standard InChI is InChI=1S/C13H16N2O6S/c1-22(18,19)21-8-10-11(12(16)14-10)15-13(17)20-7-9-5-3-2-4-6-9/h2-6,10-11H,7-8H2,1H3,(H,14,16)(H,15,17). The van der Waals surface area contributed by atoms with E-state index in [0.29, 0.717) is 0 Å². The van der Waals surface area contributed by atoms with E-state index in [4.69, 9.17) is 4.74 Å². The number of rotatable bonds is 6. The Morgan fingerprint density at radius 1 is 1.32 bits per heavy atom. The van der Waals surface area contributed by atoms with Crippen LogP contribution in [0.15, 0.2) is 30.3 Å². The molecule has 1 heterocycles. The highest BCUT2D eigenvalue weighted by atomic mass is 32.2. The van der Waals surface area contributed by atoms with Crippen molar-refractivity contribution in [2.45, 2.75) is 18.7 Å². The van der Waals surface area contributed by atoms with E-state index >= 15 is 0 Å². The molecule has 1 fully saturated rings. The minimum Gasteiger partial charge on any atom is -0.445 e. The van der Waals surface area contributed by atoms with Crippen LogP contribution in [-0.2, 0) is 30.4 Å². The summed E-state index contributed by atoms with van der Waals surface area (Å²) in [5.41, 5.74) is 0.813. The molecule has 0 aliphatic carbocycles. The van der Waals surface area contributed by atoms with Crippen LogP contribution in [0.5, 0.6) is 0 Å². The van der Waals surface area contributed by atoms with Crippen LogP contribution in [0.3, 0.4) is 0 Å². The third-order valence-electron chi connectivity index (χ3n) is 2.96. The summed E-state index contributed by atoms with van der Waals surface area (Å²) in [7, 11) is -3.61. The molecule has 0 saturated carbocycles. The van der Waals surface area contributed by atoms with Gasteiger partial charge in [0.1, 0.15) is 12.6 Å². The molecule has 1 aliphatic rings. The zero-order valence-electron chi connectivity index (χ0n) is 11.8. The minimum absolute atomic E-state index is 0.0749. The van der Waals surface area contributed by atoms with Crippen molar-refractivity contribution in [2.24, 2.45) is 0 Å². The van der Waals surface area contributed by atoms with Gasteiger partial charge in [0.2, 0.25) is 5.91 Å². The summed E-state index contributed by atoms with van der Waals surface area (Å²) in [5.74, 6) is -0.418. The highest BCUT2D eigenvalue weighted by molar-refractivity contribution is 7.85. The molecule has 0 aromatic heterocycles. The quantitative estimate of drug-likeness (QED) is 0.550. The summed E-state index contributed by atoms with van der Waals surface area (Å²) >= 11 is 0. The Bertz CT molecular complexity index is 646. The van der Waals surface area contributed by atoms with Gasteiger partial charge in [-0.2, -0.15) is 8.42 Å². The van der Waals surface area contributed by atoms with Gasteiger partial charge in [0, 0.05) is 0 Å². The van der Waals surface area contributed by atoms with Gasteiger partial charge < -0.3 is 15.4 Å². The van der Waals surface area contributed by atoms with Gasteiger partial charge in [0.05, 0.1) is 18.9 Å². The molecule has 0 bridgehead atoms. The Morgan fingerprint density at radius 2 is 2.00 bits per heavy atom. The first-order valence-corrected chi connectivity index (χ1v) is 8.29. The van der Waals surface area contributed by atoms with Crippen molar-refractivity contribution in [2.75, 3.05) is 12.9 Å². The molecular weight excluding hydrogens is 312 g/mol. The third-order valence-corrected chi connectivity index (χ3v) is 3.52. The second-order valence-corrected chi connectivity index (χ2v) is 6.43. The minimum atomic E-state index is -3.61. The van der Waals surface area contributed by atoms with E-state index in [1.54, 1.807) is 12.1 Å². The molecule has 22 heavy (non-hydrogen) atoms. The number of carbonyl (C=O) groups is 2. The van der Waals surface area contributed by atoms with Crippen LogP contribution < -0.4 is 10.6 Å². The van der Waals surface area contributed by atoms with E-state index in [1.807, 2.05) is 18.2 Å². The van der Waals surface area contributed by atoms with Crippen LogP contribution in [-0.4, -0.2) is 45.4 Å². The molecule has 120 valence electrons. The van der Waals surface area contributed by atoms with E-state index in [-0.39, 0.29) is 13.2 Å². The second-order valence-electron chi connectivity index (χ2n) is 4.79. The fraction of sp³-hybridized carbons (Fsp3) is 0.385. The van der Waals surface area contributed by atoms with Crippen molar-refractivity contribution in [1.82, 2.24) is 10.6 Å². The predicted molar refractivity (Wildman–Crippen MR) is 76.3 cm³/mol. The van der Waals surface area contributed by atoms with Crippen molar-refractivity contribution in [3.63, 3.8) is 0 Å². The van der Waals surface area contributed by atoms with Gasteiger partial charge in [0.15, 0.2) is 0 Å². The van der Waals surface area contributed by atoms with Gasteiger partial charge in [-0.25, -0.2) is 4.79 Å². The summed E-state index contributed by atoms with van der Waals surface area (Å²) in [6, 6.07) is 7.59. The monoisotopic (exact) mass is 328 g/mol. The molecule has 1 aromatic carbocycles. The molecule has 1 aliphatic heterocycles. The van der Waals surface area contributed by atoms with Gasteiger partial charge in [-0.1, -0.05) is 30.3 Å². The zero-order chi connectivity index (χ0) is 16.2. The van der Waals surface area contributed by atoms with Crippen molar-refractivity contribution in [3.8, 4) is 0 Å². The van der Waals surface area contributed by atoms with Crippen LogP contribution in [0.25, 0.3) is 0 Å². The lowest BCUT2D eigenvalue weighted by atomic mass is 10.0. The molecule has 0 spiro atoms. The number of ether oxygens (including phenoxy) is 1. The molecule has 2 rings (SSSR count). The summed E-state index contributed by atoms with van der Waals surface area (Å²) < 4.78 is 31.4. The van der Waals surface area contributed by atoms with Crippen LogP contribution in [0.2, 0.25) is 0 Å². The van der Waals surface area contributed by atoms with Crippen molar-refractivity contribution >= 4 is 22.1 Å². The van der Waals surface area contributed by atoms with E-state index in [0.717, 1.165) is 11.8 Å². The van der Waals surface area contributed by atoms with Gasteiger partial charge in [-0.3, -0.25) is 8.98 Å². The van der Waals surface area contributed by atoms with E-state index in [1.165, 1.54) is 0 Å². The summed E-state index contributed by atoms with van der Waals surface area (Å²) in [4.78, 5) is 23.0. The van der Waals surface area contributed by atoms with Crippen molar-refractivity contribution in [3.05, 3.63) is 35.9 Å². The number of nitrogens with one attached hydrogen (secondary N) is 2. The van der Waals surface area contributed by atoms with E-state index < -0.39 is 34.2 Å². The molecule has 8 nitrogen and oxygen atoms in total. The Kier molecular flexibility index (Phi) is 4.99. The second kappa shape index (κ2) is 6.75. The van der Waals surface area contributed by atoms with Gasteiger partial charge in [-0.15, -0.1) is 0 Å². The van der Waals surface area contributed by atoms with Gasteiger partial charge in [0.25, 0.3) is 10.1 Å². The van der Waals surface area contributed by atoms with E-state index in [2.05, 4.69) is 14.8 Å². The molecule has 1 saturated heterocycles. The van der Waals surface area contributed by atoms with Gasteiger partial charge in [-0.05, 0) is 5.56 Å². The Balaban J connectivity index is 1.78. The van der Waals surface area contributed by atoms with Crippen LogP contribution in [0, 0.1) is 0 Å². The molecule has 2 unspecified atom stereocenters. The fourth-order valence-corrected chi connectivity index (χ4v) is 2.23. The maximum Gasteiger partial charge on any atom is 0.408 e. The third kappa shape index (κ3) is 4.71. The number of hydrogen-bond donors (Lipinski definition) is 2. The lowest BCUT2D eigenvalue weighted by molar-refractivity contribution is -0.132. The lowest BCUT2D eigenvalue weighted by Crippen LogP contribution is -2.70. The molecule has 2 atom stereocenters. The highest BCUT2D eigenvalue weighted by Gasteiger charge is 2.41. The maximum atomic E-state index is 11.6. The van der Waals surface area contributed by atoms with Gasteiger partial charge >= 0.3 is 6.09 Å². The summed E-state index contributed by atoms with van der Waals surface area (Å²) in [5, 5.41) is 4.82. The predicted octanol–water partition coefficient (Wildman–Crippen LogP) is -0.244. The molecule has 0 radical (unpaired) electrons. The number of β-lactam (4-membered cyclic amide) rings is 1. The van der Waals surface area contributed by atoms with Crippen LogP contribution in [0.4, 0.5) is 4.79 Å². The largest absolute Gasteiger partial charge is 0.445 e. The zero-order valence-corrected chi connectivity index (χ0v) is 12.6. The number of alkyl carbamates (subject to hydrolysis) is 1. The Morgan fingerprint density at radius 3 is 2.59 bits per heavy atom. The summed E-state index contributed by atoms with van der Waals surface area (Å²) in [6.07, 6.45) is 0.150. The number of carbonyl (C=O) groups excluding carboxylic acids is 2. The first-order valence-electron chi connectivity index (χ1n) is 6.47. The molecular formula is C13H16N2O6S. The Hall–Kier alpha value is -2.13. The average Bonchev–Trinajstić information content (AvgIpc) is 2.47. The number of hydrogen-bond acceptors (Lipinski definition) is 6. The van der Waals surface area contributed by atoms with Crippen LogP contribution >= 0.6 is 0 Å². The molecule has 2 N–H and O–H groups in total. The van der Waals surface area contributed by atoms with Crippen molar-refractivity contribution < 1.29 is 26.9 Å². The lowest BCUT2D eigenvalue weighted by Gasteiger charge is -2.36. The normalized spacial score (nSPS) is 20.7. The smallest absolute Gasteiger partial charge is 0.408 e. The number of amides is 2. The first-order chi connectivity index (χ1) is 10.3. The van der Waals surface area contributed by atoms with Crippen LogP contribution in [0.1, 0.15) is 5.56 Å². The Labute approximate surface area is 127 Å². The topological polar surface area (TPSA) is 111 Å². The van der Waals surface area contributed by atoms with E-state index in [9.17, 15) is 18.0 Å². The van der Waals surface area contributed by atoms with Crippen molar-refractivity contribution in [1.29, 1.82) is 0 Å². The molecule has 2 amide bonds. The average molecular weight is 328 g/mol. The number of benzene rings is 1. The highest BCUT2D eigenvalue weighted by Crippen LogP contribution is 2.09. The molecule has 9 heteroatoms. The maximum absolute atomic E-state index is 11.6.